The van der Waals surface area contributed by atoms with Crippen LogP contribution in [0.5, 0.6) is 0 Å². The second-order valence-electron chi connectivity index (χ2n) is 8.41. The van der Waals surface area contributed by atoms with Gasteiger partial charge in [-0.1, -0.05) is 26.0 Å². The standard InChI is InChI=1S/C23H31N3O7S/c1-14(2)10-20(23(29)32-5)25-21(27)13-33-22(28)19-11-15(3)26(16(19)4)12-17-6-8-18(9-7-17)34(24,30)31/h6-9,11,14,20H,10,12-13H2,1-5H3,(H,25,27)(H2,24,30,31). The molecule has 2 aromatic rings. The van der Waals surface area contributed by atoms with Gasteiger partial charge in [-0.05, 0) is 49.9 Å². The number of nitrogens with two attached hydrogens (primary N) is 1. The topological polar surface area (TPSA) is 147 Å². The molecule has 34 heavy (non-hydrogen) atoms. The Balaban J connectivity index is 2.05. The zero-order chi connectivity index (χ0) is 25.6. The monoisotopic (exact) mass is 493 g/mol. The number of carbonyl (C=O) groups excluding carboxylic acids is 3. The quantitative estimate of drug-likeness (QED) is 0.479. The number of hydrogen-bond donors (Lipinski definition) is 2. The molecule has 1 atom stereocenters. The summed E-state index contributed by atoms with van der Waals surface area (Å²) in [5.41, 5.74) is 2.53. The van der Waals surface area contributed by atoms with E-state index in [1.807, 2.05) is 25.3 Å². The number of nitrogens with one attached hydrogen (secondary N) is 1. The molecule has 1 amide bonds. The number of nitrogens with zero attached hydrogens (tertiary/aromatic N) is 1. The lowest BCUT2D eigenvalue weighted by Gasteiger charge is -2.18. The summed E-state index contributed by atoms with van der Waals surface area (Å²) in [6, 6.07) is 6.98. The molecule has 0 aliphatic carbocycles. The largest absolute Gasteiger partial charge is 0.467 e. The summed E-state index contributed by atoms with van der Waals surface area (Å²) in [6.45, 7) is 7.24. The first-order valence-corrected chi connectivity index (χ1v) is 12.2. The Labute approximate surface area is 199 Å². The van der Waals surface area contributed by atoms with Gasteiger partial charge in [0.1, 0.15) is 6.04 Å². The first-order valence-electron chi connectivity index (χ1n) is 10.7. The molecule has 0 bridgehead atoms. The van der Waals surface area contributed by atoms with Crippen molar-refractivity contribution in [2.75, 3.05) is 13.7 Å². The van der Waals surface area contributed by atoms with E-state index in [4.69, 9.17) is 14.6 Å². The van der Waals surface area contributed by atoms with E-state index < -0.39 is 40.5 Å². The van der Waals surface area contributed by atoms with Crippen LogP contribution >= 0.6 is 0 Å². The third-order valence-corrected chi connectivity index (χ3v) is 6.18. The van der Waals surface area contributed by atoms with Gasteiger partial charge in [0.2, 0.25) is 10.0 Å². The van der Waals surface area contributed by atoms with Gasteiger partial charge in [-0.25, -0.2) is 23.1 Å². The van der Waals surface area contributed by atoms with E-state index in [0.717, 1.165) is 11.3 Å². The number of amides is 1. The number of sulfonamides is 1. The second kappa shape index (κ2) is 11.3. The molecule has 0 aliphatic heterocycles. The van der Waals surface area contributed by atoms with Gasteiger partial charge in [-0.15, -0.1) is 0 Å². The smallest absolute Gasteiger partial charge is 0.340 e. The number of hydrogen-bond acceptors (Lipinski definition) is 7. The van der Waals surface area contributed by atoms with E-state index in [0.29, 0.717) is 24.2 Å². The number of rotatable bonds is 10. The molecule has 1 aromatic heterocycles. The van der Waals surface area contributed by atoms with Crippen molar-refractivity contribution in [2.45, 2.75) is 51.6 Å². The molecule has 0 radical (unpaired) electrons. The maximum atomic E-state index is 12.6. The van der Waals surface area contributed by atoms with Gasteiger partial charge in [-0.2, -0.15) is 0 Å². The first-order chi connectivity index (χ1) is 15.8. The van der Waals surface area contributed by atoms with Crippen LogP contribution in [0, 0.1) is 19.8 Å². The maximum Gasteiger partial charge on any atom is 0.340 e. The molecule has 1 aromatic carbocycles. The molecule has 1 heterocycles. The SMILES string of the molecule is COC(=O)C(CC(C)C)NC(=O)COC(=O)c1cc(C)n(Cc2ccc(S(N)(=O)=O)cc2)c1C. The highest BCUT2D eigenvalue weighted by Crippen LogP contribution is 2.19. The van der Waals surface area contributed by atoms with E-state index in [1.54, 1.807) is 25.1 Å². The number of ether oxygens (including phenoxy) is 2. The van der Waals surface area contributed by atoms with Crippen LogP contribution in [0.4, 0.5) is 0 Å². The van der Waals surface area contributed by atoms with Gasteiger partial charge in [0.25, 0.3) is 5.91 Å². The van der Waals surface area contributed by atoms with Crippen LogP contribution in [0.2, 0.25) is 0 Å². The van der Waals surface area contributed by atoms with Gasteiger partial charge >= 0.3 is 11.9 Å². The van der Waals surface area contributed by atoms with E-state index in [9.17, 15) is 22.8 Å². The highest BCUT2D eigenvalue weighted by atomic mass is 32.2. The molecule has 3 N–H and O–H groups in total. The van der Waals surface area contributed by atoms with Crippen LogP contribution in [0.3, 0.4) is 0 Å². The lowest BCUT2D eigenvalue weighted by molar-refractivity contribution is -0.145. The van der Waals surface area contributed by atoms with E-state index in [2.05, 4.69) is 5.32 Å². The van der Waals surface area contributed by atoms with Crippen molar-refractivity contribution in [3.8, 4) is 0 Å². The van der Waals surface area contributed by atoms with E-state index in [1.165, 1.54) is 19.2 Å². The zero-order valence-corrected chi connectivity index (χ0v) is 20.8. The van der Waals surface area contributed by atoms with Crippen molar-refractivity contribution in [3.05, 3.63) is 52.8 Å². The summed E-state index contributed by atoms with van der Waals surface area (Å²) in [4.78, 5) is 36.7. The predicted octanol–water partition coefficient (Wildman–Crippen LogP) is 1.66. The average molecular weight is 494 g/mol. The lowest BCUT2D eigenvalue weighted by Crippen LogP contribution is -2.44. The van der Waals surface area contributed by atoms with Crippen molar-refractivity contribution in [2.24, 2.45) is 11.1 Å². The van der Waals surface area contributed by atoms with Crippen molar-refractivity contribution in [3.63, 3.8) is 0 Å². The Morgan fingerprint density at radius 2 is 1.74 bits per heavy atom. The normalized spacial score (nSPS) is 12.3. The number of primary sulfonamides is 1. The van der Waals surface area contributed by atoms with Gasteiger partial charge in [0, 0.05) is 17.9 Å². The summed E-state index contributed by atoms with van der Waals surface area (Å²) in [7, 11) is -2.53. The van der Waals surface area contributed by atoms with Gasteiger partial charge in [-0.3, -0.25) is 4.79 Å². The number of esters is 2. The minimum Gasteiger partial charge on any atom is -0.467 e. The highest BCUT2D eigenvalue weighted by Gasteiger charge is 2.24. The maximum absolute atomic E-state index is 12.6. The summed E-state index contributed by atoms with van der Waals surface area (Å²) in [5.74, 6) is -1.69. The fourth-order valence-electron chi connectivity index (χ4n) is 3.49. The van der Waals surface area contributed by atoms with E-state index in [-0.39, 0.29) is 10.8 Å². The fourth-order valence-corrected chi connectivity index (χ4v) is 4.01. The Bertz CT molecular complexity index is 1150. The van der Waals surface area contributed by atoms with Gasteiger partial charge in [0.15, 0.2) is 6.61 Å². The molecule has 10 nitrogen and oxygen atoms in total. The van der Waals surface area contributed by atoms with Crippen LogP contribution in [0.1, 0.15) is 47.6 Å². The zero-order valence-electron chi connectivity index (χ0n) is 20.0. The Morgan fingerprint density at radius 1 is 1.12 bits per heavy atom. The number of carbonyl (C=O) groups is 3. The molecule has 0 spiro atoms. The Kier molecular flexibility index (Phi) is 9.00. The molecular formula is C23H31N3O7S. The molecule has 0 fully saturated rings. The minimum absolute atomic E-state index is 0.0163. The molecule has 186 valence electrons. The third-order valence-electron chi connectivity index (χ3n) is 5.25. The Hall–Kier alpha value is -3.18. The summed E-state index contributed by atoms with van der Waals surface area (Å²) in [5, 5.41) is 7.66. The van der Waals surface area contributed by atoms with E-state index >= 15 is 0 Å². The average Bonchev–Trinajstić information content (AvgIpc) is 3.04. The van der Waals surface area contributed by atoms with Crippen LogP contribution in [0.15, 0.2) is 35.2 Å². The number of methoxy groups -OCH3 is 1. The summed E-state index contributed by atoms with van der Waals surface area (Å²) >= 11 is 0. The second-order valence-corrected chi connectivity index (χ2v) is 9.97. The number of benzene rings is 1. The van der Waals surface area contributed by atoms with Crippen molar-refractivity contribution in [1.29, 1.82) is 0 Å². The minimum atomic E-state index is -3.78. The molecular weight excluding hydrogens is 462 g/mol. The number of aryl methyl sites for hydroxylation is 1. The molecule has 0 saturated heterocycles. The fraction of sp³-hybridized carbons (Fsp3) is 0.435. The predicted molar refractivity (Wildman–Crippen MR) is 125 cm³/mol. The lowest BCUT2D eigenvalue weighted by atomic mass is 10.0. The van der Waals surface area contributed by atoms with Crippen LogP contribution in [0.25, 0.3) is 0 Å². The van der Waals surface area contributed by atoms with Crippen molar-refractivity contribution < 1.29 is 32.3 Å². The van der Waals surface area contributed by atoms with Gasteiger partial charge in [0.05, 0.1) is 17.6 Å². The Morgan fingerprint density at radius 3 is 2.26 bits per heavy atom. The van der Waals surface area contributed by atoms with Crippen LogP contribution in [-0.4, -0.2) is 50.6 Å². The highest BCUT2D eigenvalue weighted by molar-refractivity contribution is 7.89. The van der Waals surface area contributed by atoms with Crippen molar-refractivity contribution in [1.82, 2.24) is 9.88 Å². The molecule has 1 unspecified atom stereocenters. The molecule has 0 saturated carbocycles. The molecule has 2 rings (SSSR count). The van der Waals surface area contributed by atoms with Gasteiger partial charge < -0.3 is 19.4 Å². The van der Waals surface area contributed by atoms with Crippen LogP contribution in [-0.2, 0) is 35.6 Å². The first kappa shape index (κ1) is 27.1. The summed E-state index contributed by atoms with van der Waals surface area (Å²) in [6.07, 6.45) is 0.395. The molecule has 11 heteroatoms. The summed E-state index contributed by atoms with van der Waals surface area (Å²) < 4.78 is 34.6. The third kappa shape index (κ3) is 7.16. The van der Waals surface area contributed by atoms with Crippen molar-refractivity contribution >= 4 is 27.9 Å². The number of aromatic nitrogens is 1. The molecule has 0 aliphatic rings. The van der Waals surface area contributed by atoms with Crippen LogP contribution < -0.4 is 10.5 Å².